The maximum Gasteiger partial charge on any atom is 0.268 e. The molecule has 1 amide bonds. The van der Waals surface area contributed by atoms with Crippen molar-refractivity contribution in [1.82, 2.24) is 9.88 Å². The fourth-order valence-electron chi connectivity index (χ4n) is 5.39. The van der Waals surface area contributed by atoms with Crippen LogP contribution in [0.2, 0.25) is 0 Å². The first-order valence-corrected chi connectivity index (χ1v) is 14.3. The zero-order valence-electron chi connectivity index (χ0n) is 22.7. The van der Waals surface area contributed by atoms with Gasteiger partial charge in [0.15, 0.2) is 0 Å². The van der Waals surface area contributed by atoms with Gasteiger partial charge < -0.3 is 19.5 Å². The number of hydrogen-bond acceptors (Lipinski definition) is 6. The summed E-state index contributed by atoms with van der Waals surface area (Å²) in [6.45, 7) is 4.80. The van der Waals surface area contributed by atoms with E-state index < -0.39 is 23.3 Å². The number of rotatable bonds is 8. The maximum absolute atomic E-state index is 14.6. The molecular formula is C31H32F2N2O4S. The van der Waals surface area contributed by atoms with Gasteiger partial charge in [-0.15, -0.1) is 11.3 Å². The number of pyridine rings is 1. The summed E-state index contributed by atoms with van der Waals surface area (Å²) >= 11 is 0.784. The first-order valence-electron chi connectivity index (χ1n) is 13.5. The summed E-state index contributed by atoms with van der Waals surface area (Å²) in [6, 6.07) is 11.4. The molecule has 5 rings (SSSR count). The Balaban J connectivity index is 1.55. The van der Waals surface area contributed by atoms with Gasteiger partial charge in [0.05, 0.1) is 23.8 Å². The highest BCUT2D eigenvalue weighted by Crippen LogP contribution is 2.42. The molecule has 4 aromatic rings. The van der Waals surface area contributed by atoms with Crippen LogP contribution in [0.25, 0.3) is 21.2 Å². The van der Waals surface area contributed by atoms with E-state index in [4.69, 9.17) is 9.47 Å². The summed E-state index contributed by atoms with van der Waals surface area (Å²) < 4.78 is 40.3. The second kappa shape index (κ2) is 11.8. The number of aromatic hydroxyl groups is 1. The fourth-order valence-corrected chi connectivity index (χ4v) is 6.46. The monoisotopic (exact) mass is 566 g/mol. The number of nitrogens with zero attached hydrogens (tertiary/aromatic N) is 2. The van der Waals surface area contributed by atoms with Crippen molar-refractivity contribution in [3.05, 3.63) is 70.7 Å². The van der Waals surface area contributed by atoms with E-state index in [9.17, 15) is 18.7 Å². The average Bonchev–Trinajstić information content (AvgIpc) is 3.32. The van der Waals surface area contributed by atoms with Gasteiger partial charge in [0.2, 0.25) is 5.88 Å². The number of amides is 1. The Morgan fingerprint density at radius 3 is 2.50 bits per heavy atom. The van der Waals surface area contributed by atoms with Crippen LogP contribution in [0, 0.1) is 17.6 Å². The van der Waals surface area contributed by atoms with Gasteiger partial charge in [0.25, 0.3) is 5.91 Å². The number of thiophene rings is 1. The van der Waals surface area contributed by atoms with Crippen LogP contribution in [-0.2, 0) is 6.54 Å². The highest BCUT2D eigenvalue weighted by atomic mass is 32.1. The third-order valence-corrected chi connectivity index (χ3v) is 8.75. The molecule has 210 valence electrons. The van der Waals surface area contributed by atoms with Gasteiger partial charge in [-0.25, -0.2) is 13.8 Å². The number of ether oxygens (including phenoxy) is 2. The van der Waals surface area contributed by atoms with Gasteiger partial charge in [-0.05, 0) is 80.0 Å². The number of methoxy groups -OCH3 is 1. The smallest absolute Gasteiger partial charge is 0.268 e. The maximum atomic E-state index is 14.6. The van der Waals surface area contributed by atoms with Crippen molar-refractivity contribution in [1.29, 1.82) is 0 Å². The van der Waals surface area contributed by atoms with Crippen LogP contribution in [0.1, 0.15) is 54.8 Å². The van der Waals surface area contributed by atoms with Gasteiger partial charge in [-0.1, -0.05) is 13.0 Å². The Kier molecular flexibility index (Phi) is 8.21. The van der Waals surface area contributed by atoms with E-state index in [1.54, 1.807) is 18.2 Å². The van der Waals surface area contributed by atoms with Crippen LogP contribution in [0.5, 0.6) is 17.4 Å². The Morgan fingerprint density at radius 1 is 1.07 bits per heavy atom. The average molecular weight is 567 g/mol. The van der Waals surface area contributed by atoms with E-state index in [0.29, 0.717) is 24.2 Å². The van der Waals surface area contributed by atoms with Crippen molar-refractivity contribution in [2.45, 2.75) is 52.1 Å². The zero-order chi connectivity index (χ0) is 28.4. The van der Waals surface area contributed by atoms with Crippen molar-refractivity contribution in [3.63, 3.8) is 0 Å². The Bertz CT molecular complexity index is 1530. The fraction of sp³-hybridized carbons (Fsp3) is 0.355. The summed E-state index contributed by atoms with van der Waals surface area (Å²) in [5, 5.41) is 10.6. The largest absolute Gasteiger partial charge is 0.505 e. The minimum Gasteiger partial charge on any atom is -0.505 e. The molecule has 2 heterocycles. The Morgan fingerprint density at radius 2 is 1.80 bits per heavy atom. The van der Waals surface area contributed by atoms with E-state index in [1.807, 2.05) is 37.3 Å². The van der Waals surface area contributed by atoms with Crippen LogP contribution >= 0.6 is 11.3 Å². The van der Waals surface area contributed by atoms with Crippen molar-refractivity contribution < 1.29 is 28.2 Å². The summed E-state index contributed by atoms with van der Waals surface area (Å²) in [4.78, 5) is 20.0. The van der Waals surface area contributed by atoms with Crippen molar-refractivity contribution in [3.8, 4) is 28.5 Å². The van der Waals surface area contributed by atoms with Gasteiger partial charge in [0, 0.05) is 30.4 Å². The van der Waals surface area contributed by atoms with E-state index in [1.165, 1.54) is 0 Å². The second-order valence-corrected chi connectivity index (χ2v) is 11.2. The molecule has 0 aliphatic heterocycles. The number of benzene rings is 2. The standard InChI is InChI=1S/C31H32F2N2O4S/c1-4-39-26-16-20(13-14-34-26)19-7-12-25(38-3)21(15-19)17-35(22-8-5-18(2)6-9-22)31(37)30-28(36)27-23(32)10-11-24(33)29(27)40-30/h7,10-16,18,22,36H,4-6,8-9,17H2,1-3H3. The van der Waals surface area contributed by atoms with Crippen LogP contribution in [0.4, 0.5) is 8.78 Å². The highest BCUT2D eigenvalue weighted by Gasteiger charge is 2.33. The van der Waals surface area contributed by atoms with Crippen LogP contribution < -0.4 is 9.47 Å². The molecule has 0 radical (unpaired) electrons. The lowest BCUT2D eigenvalue weighted by Crippen LogP contribution is -2.41. The van der Waals surface area contributed by atoms with E-state index in [2.05, 4.69) is 11.9 Å². The lowest BCUT2D eigenvalue weighted by molar-refractivity contribution is 0.0594. The number of carbonyl (C=O) groups excluding carboxylic acids is 1. The van der Waals surface area contributed by atoms with Crippen molar-refractivity contribution in [2.75, 3.05) is 13.7 Å². The molecule has 6 nitrogen and oxygen atoms in total. The van der Waals surface area contributed by atoms with Crippen molar-refractivity contribution >= 4 is 27.3 Å². The topological polar surface area (TPSA) is 71.9 Å². The summed E-state index contributed by atoms with van der Waals surface area (Å²) in [5.74, 6) is -0.720. The summed E-state index contributed by atoms with van der Waals surface area (Å²) in [6.07, 6.45) is 5.21. The molecular weight excluding hydrogens is 534 g/mol. The molecule has 0 bridgehead atoms. The first kappa shape index (κ1) is 27.8. The third-order valence-electron chi connectivity index (χ3n) is 7.58. The highest BCUT2D eigenvalue weighted by molar-refractivity contribution is 7.21. The van der Waals surface area contributed by atoms with Crippen molar-refractivity contribution in [2.24, 2.45) is 5.92 Å². The Hall–Kier alpha value is -3.72. The SMILES string of the molecule is CCOc1cc(-c2ccc(OC)c(CN(C(=O)c3sc4c(F)ccc(F)c4c3O)C3CCC(C)CC3)c2)ccn1. The number of halogens is 2. The summed E-state index contributed by atoms with van der Waals surface area (Å²) in [7, 11) is 1.58. The van der Waals surface area contributed by atoms with Crippen LogP contribution in [0.15, 0.2) is 48.7 Å². The second-order valence-electron chi connectivity index (χ2n) is 10.2. The van der Waals surface area contributed by atoms with Crippen LogP contribution in [-0.4, -0.2) is 40.7 Å². The molecule has 0 unspecified atom stereocenters. The molecule has 0 atom stereocenters. The molecule has 2 aromatic heterocycles. The molecule has 1 aliphatic rings. The molecule has 1 saturated carbocycles. The number of aromatic nitrogens is 1. The molecule has 9 heteroatoms. The first-order chi connectivity index (χ1) is 19.3. The minimum absolute atomic E-state index is 0.0665. The predicted octanol–water partition coefficient (Wildman–Crippen LogP) is 7.58. The Labute approximate surface area is 236 Å². The third kappa shape index (κ3) is 5.47. The normalized spacial score (nSPS) is 17.1. The van der Waals surface area contributed by atoms with E-state index in [-0.39, 0.29) is 27.5 Å². The quantitative estimate of drug-likeness (QED) is 0.238. The summed E-state index contributed by atoms with van der Waals surface area (Å²) in [5.41, 5.74) is 2.58. The lowest BCUT2D eigenvalue weighted by Gasteiger charge is -2.36. The van der Waals surface area contributed by atoms with Crippen LogP contribution in [0.3, 0.4) is 0 Å². The molecule has 1 N–H and O–H groups in total. The molecule has 2 aromatic carbocycles. The molecule has 40 heavy (non-hydrogen) atoms. The number of carbonyl (C=O) groups is 1. The van der Waals surface area contributed by atoms with Gasteiger partial charge in [0.1, 0.15) is 28.0 Å². The van der Waals surface area contributed by atoms with Gasteiger partial charge >= 0.3 is 0 Å². The minimum atomic E-state index is -0.764. The lowest BCUT2D eigenvalue weighted by atomic mass is 9.86. The van der Waals surface area contributed by atoms with E-state index >= 15 is 0 Å². The van der Waals surface area contributed by atoms with Gasteiger partial charge in [-0.3, -0.25) is 4.79 Å². The molecule has 1 fully saturated rings. The van der Waals surface area contributed by atoms with Gasteiger partial charge in [-0.2, -0.15) is 0 Å². The zero-order valence-corrected chi connectivity index (χ0v) is 23.6. The number of hydrogen-bond donors (Lipinski definition) is 1. The number of fused-ring (bicyclic) bond motifs is 1. The molecule has 1 aliphatic carbocycles. The molecule has 0 saturated heterocycles. The molecule has 0 spiro atoms. The van der Waals surface area contributed by atoms with E-state index in [0.717, 1.165) is 65.8 Å². The predicted molar refractivity (Wildman–Crippen MR) is 152 cm³/mol.